The Morgan fingerprint density at radius 2 is 2.09 bits per heavy atom. The van der Waals surface area contributed by atoms with Crippen LogP contribution in [0.15, 0.2) is 33.5 Å². The van der Waals surface area contributed by atoms with Gasteiger partial charge in [-0.25, -0.2) is 4.79 Å². The van der Waals surface area contributed by atoms with Crippen LogP contribution in [0, 0.1) is 0 Å². The molecule has 0 bridgehead atoms. The van der Waals surface area contributed by atoms with Crippen molar-refractivity contribution < 1.29 is 18.7 Å². The van der Waals surface area contributed by atoms with Gasteiger partial charge >= 0.3 is 11.7 Å². The molecule has 0 saturated carbocycles. The lowest BCUT2D eigenvalue weighted by molar-refractivity contribution is -0.143. The molecule has 1 heterocycles. The third-order valence-electron chi connectivity index (χ3n) is 3.45. The van der Waals surface area contributed by atoms with Crippen LogP contribution in [0.3, 0.4) is 0 Å². The van der Waals surface area contributed by atoms with Gasteiger partial charge in [0, 0.05) is 13.0 Å². The predicted octanol–water partition coefficient (Wildman–Crippen LogP) is 1.61. The summed E-state index contributed by atoms with van der Waals surface area (Å²) in [5.41, 5.74) is 1.02. The largest absolute Gasteiger partial charge is 0.466 e. The number of esters is 1. The van der Waals surface area contributed by atoms with Crippen molar-refractivity contribution in [3.05, 3.63) is 34.8 Å². The summed E-state index contributed by atoms with van der Waals surface area (Å²) in [5.74, 6) is -1.16. The minimum atomic E-state index is -0.700. The standard InChI is InChI=1S/C16H20N2O5/c1-3-22-14(19)9-6-10-17-15(20)11(2)18-12-7-4-5-8-13(12)23-16(18)21/h4-5,7-8,11H,3,6,9-10H2,1-2H3,(H,17,20). The third-order valence-corrected chi connectivity index (χ3v) is 3.45. The smallest absolute Gasteiger partial charge is 0.420 e. The molecule has 1 N–H and O–H groups in total. The number of benzene rings is 1. The van der Waals surface area contributed by atoms with E-state index in [-0.39, 0.29) is 18.3 Å². The molecule has 1 amide bonds. The Hall–Kier alpha value is -2.57. The van der Waals surface area contributed by atoms with Gasteiger partial charge in [-0.05, 0) is 32.4 Å². The Labute approximate surface area is 133 Å². The van der Waals surface area contributed by atoms with Gasteiger partial charge in [-0.15, -0.1) is 0 Å². The zero-order chi connectivity index (χ0) is 16.8. The number of nitrogens with one attached hydrogen (secondary N) is 1. The first-order chi connectivity index (χ1) is 11.0. The van der Waals surface area contributed by atoms with E-state index in [0.29, 0.717) is 30.7 Å². The molecule has 0 saturated heterocycles. The zero-order valence-electron chi connectivity index (χ0n) is 13.2. The van der Waals surface area contributed by atoms with E-state index in [4.69, 9.17) is 9.15 Å². The molecule has 1 unspecified atom stereocenters. The molecule has 23 heavy (non-hydrogen) atoms. The van der Waals surface area contributed by atoms with Crippen molar-refractivity contribution in [2.75, 3.05) is 13.2 Å². The Morgan fingerprint density at radius 1 is 1.35 bits per heavy atom. The monoisotopic (exact) mass is 320 g/mol. The summed E-state index contributed by atoms with van der Waals surface area (Å²) in [5, 5.41) is 2.71. The normalized spacial score (nSPS) is 12.1. The molecule has 2 aromatic rings. The molecule has 124 valence electrons. The zero-order valence-corrected chi connectivity index (χ0v) is 13.2. The maximum atomic E-state index is 12.2. The molecule has 1 aromatic heterocycles. The lowest BCUT2D eigenvalue weighted by Crippen LogP contribution is -2.35. The van der Waals surface area contributed by atoms with Crippen LogP contribution in [0.2, 0.25) is 0 Å². The number of carbonyl (C=O) groups excluding carboxylic acids is 2. The van der Waals surface area contributed by atoms with Gasteiger partial charge in [0.2, 0.25) is 5.91 Å². The Balaban J connectivity index is 1.95. The van der Waals surface area contributed by atoms with Crippen LogP contribution < -0.4 is 11.1 Å². The van der Waals surface area contributed by atoms with E-state index in [1.165, 1.54) is 4.57 Å². The number of para-hydroxylation sites is 2. The van der Waals surface area contributed by atoms with Crippen molar-refractivity contribution in [3.8, 4) is 0 Å². The second-order valence-corrected chi connectivity index (χ2v) is 5.08. The van der Waals surface area contributed by atoms with Crippen molar-refractivity contribution in [2.45, 2.75) is 32.7 Å². The SMILES string of the molecule is CCOC(=O)CCCNC(=O)C(C)n1c(=O)oc2ccccc21. The van der Waals surface area contributed by atoms with E-state index in [1.807, 2.05) is 0 Å². The van der Waals surface area contributed by atoms with Gasteiger partial charge in [0.05, 0.1) is 12.1 Å². The van der Waals surface area contributed by atoms with Crippen molar-refractivity contribution >= 4 is 23.0 Å². The fraction of sp³-hybridized carbons (Fsp3) is 0.438. The number of nitrogens with zero attached hydrogens (tertiary/aromatic N) is 1. The summed E-state index contributed by atoms with van der Waals surface area (Å²) in [6, 6.07) is 6.24. The summed E-state index contributed by atoms with van der Waals surface area (Å²) < 4.78 is 11.2. The van der Waals surface area contributed by atoms with Gasteiger partial charge in [-0.3, -0.25) is 14.2 Å². The predicted molar refractivity (Wildman–Crippen MR) is 84.1 cm³/mol. The van der Waals surface area contributed by atoms with Gasteiger partial charge in [0.15, 0.2) is 5.58 Å². The highest BCUT2D eigenvalue weighted by molar-refractivity contribution is 5.82. The lowest BCUT2D eigenvalue weighted by atomic mass is 10.2. The van der Waals surface area contributed by atoms with E-state index in [1.54, 1.807) is 38.1 Å². The van der Waals surface area contributed by atoms with E-state index in [9.17, 15) is 14.4 Å². The molecule has 2 rings (SSSR count). The highest BCUT2D eigenvalue weighted by Crippen LogP contribution is 2.16. The Kier molecular flexibility index (Phi) is 5.56. The van der Waals surface area contributed by atoms with Gasteiger partial charge in [0.1, 0.15) is 6.04 Å². The molecule has 7 nitrogen and oxygen atoms in total. The quantitative estimate of drug-likeness (QED) is 0.618. The van der Waals surface area contributed by atoms with Crippen molar-refractivity contribution in [1.82, 2.24) is 9.88 Å². The molecule has 0 spiro atoms. The van der Waals surface area contributed by atoms with Crippen LogP contribution >= 0.6 is 0 Å². The average Bonchev–Trinajstić information content (AvgIpc) is 2.86. The fourth-order valence-electron chi connectivity index (χ4n) is 2.29. The van der Waals surface area contributed by atoms with E-state index >= 15 is 0 Å². The van der Waals surface area contributed by atoms with Crippen LogP contribution in [0.25, 0.3) is 11.1 Å². The van der Waals surface area contributed by atoms with Crippen molar-refractivity contribution in [3.63, 3.8) is 0 Å². The van der Waals surface area contributed by atoms with Gasteiger partial charge in [-0.2, -0.15) is 0 Å². The first kappa shape index (κ1) is 16.8. The maximum absolute atomic E-state index is 12.2. The summed E-state index contributed by atoms with van der Waals surface area (Å²) in [7, 11) is 0. The van der Waals surface area contributed by atoms with Crippen LogP contribution in [-0.4, -0.2) is 29.6 Å². The molecule has 0 aliphatic heterocycles. The summed E-state index contributed by atoms with van der Waals surface area (Å²) >= 11 is 0. The Bertz CT molecular complexity index is 746. The number of hydrogen-bond donors (Lipinski definition) is 1. The average molecular weight is 320 g/mol. The molecular formula is C16H20N2O5. The van der Waals surface area contributed by atoms with Crippen LogP contribution in [-0.2, 0) is 14.3 Å². The van der Waals surface area contributed by atoms with E-state index < -0.39 is 11.8 Å². The minimum Gasteiger partial charge on any atom is -0.466 e. The second kappa shape index (κ2) is 7.62. The summed E-state index contributed by atoms with van der Waals surface area (Å²) in [6.45, 7) is 4.06. The van der Waals surface area contributed by atoms with Gasteiger partial charge < -0.3 is 14.5 Å². The van der Waals surface area contributed by atoms with Crippen LogP contribution in [0.5, 0.6) is 0 Å². The maximum Gasteiger partial charge on any atom is 0.420 e. The highest BCUT2D eigenvalue weighted by Gasteiger charge is 2.20. The third kappa shape index (κ3) is 4.00. The number of ether oxygens (including phenoxy) is 1. The van der Waals surface area contributed by atoms with Crippen LogP contribution in [0.4, 0.5) is 0 Å². The molecule has 0 radical (unpaired) electrons. The number of aromatic nitrogens is 1. The number of oxazole rings is 1. The minimum absolute atomic E-state index is 0.247. The molecule has 0 aliphatic carbocycles. The second-order valence-electron chi connectivity index (χ2n) is 5.08. The molecule has 0 fully saturated rings. The van der Waals surface area contributed by atoms with Crippen molar-refractivity contribution in [2.24, 2.45) is 0 Å². The summed E-state index contributed by atoms with van der Waals surface area (Å²) in [6.07, 6.45) is 0.732. The van der Waals surface area contributed by atoms with E-state index in [0.717, 1.165) is 0 Å². The van der Waals surface area contributed by atoms with Crippen LogP contribution in [0.1, 0.15) is 32.7 Å². The molecular weight excluding hydrogens is 300 g/mol. The first-order valence-corrected chi connectivity index (χ1v) is 7.58. The van der Waals surface area contributed by atoms with Gasteiger partial charge in [-0.1, -0.05) is 12.1 Å². The fourth-order valence-corrected chi connectivity index (χ4v) is 2.29. The Morgan fingerprint density at radius 3 is 2.83 bits per heavy atom. The van der Waals surface area contributed by atoms with Gasteiger partial charge in [0.25, 0.3) is 0 Å². The molecule has 1 atom stereocenters. The van der Waals surface area contributed by atoms with Crippen molar-refractivity contribution in [1.29, 1.82) is 0 Å². The molecule has 7 heteroatoms. The summed E-state index contributed by atoms with van der Waals surface area (Å²) in [4.78, 5) is 35.3. The molecule has 0 aliphatic rings. The first-order valence-electron chi connectivity index (χ1n) is 7.58. The number of fused-ring (bicyclic) bond motifs is 1. The lowest BCUT2D eigenvalue weighted by Gasteiger charge is -2.13. The topological polar surface area (TPSA) is 90.5 Å². The number of amides is 1. The van der Waals surface area contributed by atoms with E-state index in [2.05, 4.69) is 5.32 Å². The number of carbonyl (C=O) groups is 2. The number of hydrogen-bond acceptors (Lipinski definition) is 5. The highest BCUT2D eigenvalue weighted by atomic mass is 16.5. The molecule has 1 aromatic carbocycles. The number of rotatable bonds is 7.